The molecule has 33 heavy (non-hydrogen) atoms. The molecule has 0 saturated heterocycles. The number of hydrogen-bond acceptors (Lipinski definition) is 4. The Kier molecular flexibility index (Phi) is 6.59. The van der Waals surface area contributed by atoms with E-state index in [2.05, 4.69) is 31.0 Å². The normalized spacial score (nSPS) is 23.1. The molecule has 1 heterocycles. The van der Waals surface area contributed by atoms with Gasteiger partial charge in [0.05, 0.1) is 12.2 Å². The van der Waals surface area contributed by atoms with Gasteiger partial charge in [0.2, 0.25) is 5.56 Å². The Morgan fingerprint density at radius 1 is 1.27 bits per heavy atom. The Hall–Kier alpha value is -3.47. The molecule has 0 spiro atoms. The van der Waals surface area contributed by atoms with Crippen LogP contribution < -0.4 is 5.56 Å². The molecule has 2 unspecified atom stereocenters. The molecule has 0 fully saturated rings. The Bertz CT molecular complexity index is 1230. The fourth-order valence-corrected chi connectivity index (χ4v) is 5.07. The number of carbonyl (C=O) groups is 1. The lowest BCUT2D eigenvalue weighted by Gasteiger charge is -2.45. The molecule has 0 amide bonds. The van der Waals surface area contributed by atoms with E-state index in [-0.39, 0.29) is 17.4 Å². The van der Waals surface area contributed by atoms with Crippen LogP contribution >= 0.6 is 0 Å². The number of benzene rings is 1. The summed E-state index contributed by atoms with van der Waals surface area (Å²) in [4.78, 5) is 32.5. The summed E-state index contributed by atoms with van der Waals surface area (Å²) in [6, 6.07) is 10.9. The largest absolute Gasteiger partial charge is 0.462 e. The molecule has 0 saturated carbocycles. The third-order valence-electron chi connectivity index (χ3n) is 6.35. The monoisotopic (exact) mass is 442 g/mol. The van der Waals surface area contributed by atoms with Gasteiger partial charge in [0.25, 0.3) is 0 Å². The molecule has 170 valence electrons. The van der Waals surface area contributed by atoms with Crippen molar-refractivity contribution in [3.63, 3.8) is 0 Å². The second-order valence-corrected chi connectivity index (χ2v) is 8.68. The zero-order chi connectivity index (χ0) is 23.4. The molecule has 0 aliphatic heterocycles. The molecule has 0 radical (unpaired) electrons. The number of ether oxygens (including phenoxy) is 1. The highest BCUT2D eigenvalue weighted by Gasteiger charge is 2.46. The minimum Gasteiger partial charge on any atom is -0.462 e. The summed E-state index contributed by atoms with van der Waals surface area (Å²) in [5, 5.41) is 0. The first-order valence-electron chi connectivity index (χ1n) is 11.5. The quantitative estimate of drug-likeness (QED) is 0.370. The molecule has 5 heteroatoms. The average Bonchev–Trinajstić information content (AvgIpc) is 2.80. The SMILES string of the molecule is CC=C1C2C=C(C)CC1(N=C/C=C/c1ccccc1C(=O)OCCC)c1ccc(=O)[nH]c1C2. The van der Waals surface area contributed by atoms with Crippen LogP contribution in [0.4, 0.5) is 0 Å². The number of nitrogens with zero attached hydrogens (tertiary/aromatic N) is 1. The van der Waals surface area contributed by atoms with Crippen LogP contribution in [0.25, 0.3) is 6.08 Å². The van der Waals surface area contributed by atoms with Gasteiger partial charge in [-0.1, -0.05) is 48.9 Å². The smallest absolute Gasteiger partial charge is 0.338 e. The lowest BCUT2D eigenvalue weighted by atomic mass is 9.63. The lowest BCUT2D eigenvalue weighted by Crippen LogP contribution is -2.40. The van der Waals surface area contributed by atoms with E-state index in [0.717, 1.165) is 36.1 Å². The molecular formula is C28H30N2O3. The van der Waals surface area contributed by atoms with E-state index < -0.39 is 5.54 Å². The number of fused-ring (bicyclic) bond motifs is 4. The highest BCUT2D eigenvalue weighted by atomic mass is 16.5. The van der Waals surface area contributed by atoms with Crippen molar-refractivity contribution >= 4 is 18.3 Å². The van der Waals surface area contributed by atoms with E-state index in [9.17, 15) is 9.59 Å². The molecular weight excluding hydrogens is 412 g/mol. The van der Waals surface area contributed by atoms with Gasteiger partial charge >= 0.3 is 5.97 Å². The van der Waals surface area contributed by atoms with Gasteiger partial charge in [-0.3, -0.25) is 9.79 Å². The molecule has 5 nitrogen and oxygen atoms in total. The Balaban J connectivity index is 1.69. The fraction of sp³-hybridized carbons (Fsp3) is 0.321. The number of esters is 1. The van der Waals surface area contributed by atoms with E-state index >= 15 is 0 Å². The second-order valence-electron chi connectivity index (χ2n) is 8.68. The Labute approximate surface area is 194 Å². The summed E-state index contributed by atoms with van der Waals surface area (Å²) < 4.78 is 5.31. The van der Waals surface area contributed by atoms with Crippen molar-refractivity contribution in [2.45, 2.75) is 45.6 Å². The van der Waals surface area contributed by atoms with Gasteiger partial charge in [-0.05, 0) is 56.0 Å². The maximum atomic E-state index is 12.4. The molecule has 2 aliphatic rings. The van der Waals surface area contributed by atoms with Crippen LogP contribution in [0.2, 0.25) is 0 Å². The van der Waals surface area contributed by atoms with Crippen molar-refractivity contribution < 1.29 is 9.53 Å². The summed E-state index contributed by atoms with van der Waals surface area (Å²) in [5.41, 5.74) is 5.31. The minimum atomic E-state index is -0.528. The van der Waals surface area contributed by atoms with E-state index in [1.54, 1.807) is 12.1 Å². The molecule has 2 aliphatic carbocycles. The van der Waals surface area contributed by atoms with E-state index in [0.29, 0.717) is 12.2 Å². The zero-order valence-electron chi connectivity index (χ0n) is 19.4. The van der Waals surface area contributed by atoms with Crippen LogP contribution in [0.3, 0.4) is 0 Å². The van der Waals surface area contributed by atoms with Gasteiger partial charge in [0, 0.05) is 35.9 Å². The molecule has 4 rings (SSSR count). The number of aliphatic imine (C=N–C) groups is 1. The van der Waals surface area contributed by atoms with Crippen molar-refractivity contribution in [2.24, 2.45) is 10.9 Å². The standard InChI is InChI=1S/C28H30N2O3/c1-4-15-33-27(32)22-11-7-6-9-20(22)10-8-14-29-28-18-19(3)16-21(23(28)5-2)17-25-24(28)12-13-26(31)30-25/h5-14,16,21H,4,15,17-18H2,1-3H3,(H,30,31)/b10-8+,23-5?,29-14?. The summed E-state index contributed by atoms with van der Waals surface area (Å²) >= 11 is 0. The molecule has 2 aromatic rings. The Morgan fingerprint density at radius 3 is 2.88 bits per heavy atom. The molecule has 2 atom stereocenters. The van der Waals surface area contributed by atoms with E-state index in [4.69, 9.17) is 9.73 Å². The first-order chi connectivity index (χ1) is 16.0. The molecule has 1 aromatic carbocycles. The summed E-state index contributed by atoms with van der Waals surface area (Å²) in [6.07, 6.45) is 12.4. The zero-order valence-corrected chi connectivity index (χ0v) is 19.4. The van der Waals surface area contributed by atoms with Gasteiger partial charge in [0.1, 0.15) is 5.54 Å². The predicted octanol–water partition coefficient (Wildman–Crippen LogP) is 5.39. The molecule has 1 aromatic heterocycles. The third kappa shape index (κ3) is 4.40. The number of hydrogen-bond donors (Lipinski definition) is 1. The highest BCUT2D eigenvalue weighted by Crippen LogP contribution is 2.51. The number of rotatable bonds is 6. The van der Waals surface area contributed by atoms with Crippen molar-refractivity contribution in [3.8, 4) is 0 Å². The summed E-state index contributed by atoms with van der Waals surface area (Å²) in [5.74, 6) is -0.0885. The Morgan fingerprint density at radius 2 is 2.09 bits per heavy atom. The van der Waals surface area contributed by atoms with Gasteiger partial charge in [-0.2, -0.15) is 0 Å². The average molecular weight is 443 g/mol. The number of aromatic amines is 1. The van der Waals surface area contributed by atoms with Crippen LogP contribution in [0.15, 0.2) is 75.6 Å². The van der Waals surface area contributed by atoms with Crippen molar-refractivity contribution in [2.75, 3.05) is 6.61 Å². The van der Waals surface area contributed by atoms with Crippen LogP contribution in [-0.2, 0) is 16.7 Å². The van der Waals surface area contributed by atoms with Crippen molar-refractivity contribution in [1.82, 2.24) is 4.98 Å². The first-order valence-corrected chi connectivity index (χ1v) is 11.5. The van der Waals surface area contributed by atoms with Gasteiger partial charge < -0.3 is 9.72 Å². The van der Waals surface area contributed by atoms with Crippen LogP contribution in [0, 0.1) is 5.92 Å². The molecule has 1 N–H and O–H groups in total. The summed E-state index contributed by atoms with van der Waals surface area (Å²) in [7, 11) is 0. The van der Waals surface area contributed by atoms with Gasteiger partial charge in [-0.25, -0.2) is 4.79 Å². The van der Waals surface area contributed by atoms with Crippen LogP contribution in [-0.4, -0.2) is 23.8 Å². The molecule has 2 bridgehead atoms. The number of carbonyl (C=O) groups excluding carboxylic acids is 1. The van der Waals surface area contributed by atoms with Crippen LogP contribution in [0.5, 0.6) is 0 Å². The van der Waals surface area contributed by atoms with E-state index in [1.165, 1.54) is 11.1 Å². The lowest BCUT2D eigenvalue weighted by molar-refractivity contribution is 0.0505. The second kappa shape index (κ2) is 9.57. The topological polar surface area (TPSA) is 71.5 Å². The fourth-order valence-electron chi connectivity index (χ4n) is 5.07. The third-order valence-corrected chi connectivity index (χ3v) is 6.35. The van der Waals surface area contributed by atoms with Crippen molar-refractivity contribution in [3.05, 3.63) is 98.5 Å². The number of nitrogens with one attached hydrogen (secondary N) is 1. The van der Waals surface area contributed by atoms with E-state index in [1.807, 2.05) is 49.6 Å². The van der Waals surface area contributed by atoms with Gasteiger partial charge in [0.15, 0.2) is 0 Å². The first kappa shape index (κ1) is 22.7. The number of aromatic nitrogens is 1. The maximum Gasteiger partial charge on any atom is 0.338 e. The van der Waals surface area contributed by atoms with Crippen molar-refractivity contribution in [1.29, 1.82) is 0 Å². The predicted molar refractivity (Wildman–Crippen MR) is 133 cm³/mol. The number of H-pyrrole nitrogens is 1. The number of allylic oxidation sites excluding steroid dienone is 3. The van der Waals surface area contributed by atoms with Crippen LogP contribution in [0.1, 0.15) is 60.8 Å². The minimum absolute atomic E-state index is 0.0814. The summed E-state index contributed by atoms with van der Waals surface area (Å²) in [6.45, 7) is 6.59. The number of pyridine rings is 1. The van der Waals surface area contributed by atoms with Gasteiger partial charge in [-0.15, -0.1) is 0 Å². The maximum absolute atomic E-state index is 12.4. The highest BCUT2D eigenvalue weighted by molar-refractivity contribution is 5.94.